The zero-order valence-corrected chi connectivity index (χ0v) is 29.8. The molecule has 9 rings (SSSR count). The number of alkyl halides is 1. The number of quaternary nitrogens is 1. The number of likely N-dealkylation sites (N-methyl/N-ethyl adjacent to an activating group) is 2. The number of carbonyl (C=O) groups excluding carboxylic acids is 4. The summed E-state index contributed by atoms with van der Waals surface area (Å²) in [6.45, 7) is 7.47. The van der Waals surface area contributed by atoms with Gasteiger partial charge in [-0.25, -0.2) is 8.78 Å². The van der Waals surface area contributed by atoms with E-state index in [1.54, 1.807) is 6.07 Å². The number of carbonyl (C=O) groups is 4. The van der Waals surface area contributed by atoms with Gasteiger partial charge >= 0.3 is 0 Å². The number of halogens is 2. The zero-order valence-electron chi connectivity index (χ0n) is 29.8. The highest BCUT2D eigenvalue weighted by Crippen LogP contribution is 2.52. The molecule has 3 saturated carbocycles. The van der Waals surface area contributed by atoms with Crippen LogP contribution in [0.15, 0.2) is 18.2 Å². The molecule has 3 amide bonds. The molecule has 1 aromatic carbocycles. The number of nitrogens with zero attached hydrogens (tertiary/aromatic N) is 3. The maximum Gasteiger partial charge on any atom is 0.281 e. The molecule has 5 heterocycles. The van der Waals surface area contributed by atoms with Crippen LogP contribution in [-0.4, -0.2) is 121 Å². The van der Waals surface area contributed by atoms with Gasteiger partial charge in [0, 0.05) is 51.5 Å². The van der Waals surface area contributed by atoms with E-state index in [0.29, 0.717) is 31.6 Å². The minimum Gasteiger partial charge on any atom is -0.365 e. The second kappa shape index (κ2) is 13.3. The smallest absolute Gasteiger partial charge is 0.281 e. The molecule has 5 aliphatic heterocycles. The first-order chi connectivity index (χ1) is 23.2. The molecule has 270 valence electrons. The lowest BCUT2D eigenvalue weighted by molar-refractivity contribution is -0.960. The van der Waals surface area contributed by atoms with Crippen LogP contribution in [0.4, 0.5) is 14.5 Å². The van der Waals surface area contributed by atoms with E-state index in [2.05, 4.69) is 22.5 Å². The third-order valence-corrected chi connectivity index (χ3v) is 12.9. The van der Waals surface area contributed by atoms with Crippen LogP contribution in [0.5, 0.6) is 0 Å². The Morgan fingerprint density at radius 1 is 1.16 bits per heavy atom. The number of benzene rings is 1. The minimum absolute atomic E-state index is 0.0296. The second-order valence-corrected chi connectivity index (χ2v) is 16.1. The van der Waals surface area contributed by atoms with Crippen molar-refractivity contribution >= 4 is 29.7 Å². The Balaban J connectivity index is 1.45. The summed E-state index contributed by atoms with van der Waals surface area (Å²) in [5, 5.41) is 5.53. The van der Waals surface area contributed by atoms with Gasteiger partial charge in [-0.1, -0.05) is 19.9 Å². The topological polar surface area (TPSA) is 108 Å². The Morgan fingerprint density at radius 2 is 1.82 bits per heavy atom. The largest absolute Gasteiger partial charge is 0.365 e. The number of aldehydes is 1. The average molecular weight is 687 g/mol. The van der Waals surface area contributed by atoms with Crippen LogP contribution in [-0.2, 0) is 23.9 Å². The number of piperazine rings is 1. The van der Waals surface area contributed by atoms with Crippen molar-refractivity contribution in [2.24, 2.45) is 17.8 Å². The van der Waals surface area contributed by atoms with E-state index in [1.165, 1.54) is 19.2 Å². The molecule has 3 aliphatic carbocycles. The Kier molecular flexibility index (Phi) is 9.73. The fraction of sp³-hybridized carbons (Fsp3) is 0.730. The summed E-state index contributed by atoms with van der Waals surface area (Å²) in [4.78, 5) is 59.4. The van der Waals surface area contributed by atoms with Crippen LogP contribution in [0.3, 0.4) is 0 Å². The first kappa shape index (κ1) is 35.9. The number of anilines is 1. The van der Waals surface area contributed by atoms with Crippen molar-refractivity contribution in [2.45, 2.75) is 107 Å². The first-order valence-electron chi connectivity index (χ1n) is 18.1. The van der Waals surface area contributed by atoms with Gasteiger partial charge in [0.25, 0.3) is 11.8 Å². The maximum atomic E-state index is 16.9. The molecular weight excluding hydrogens is 632 g/mol. The number of hydrogen-bond donors (Lipinski definition) is 2. The summed E-state index contributed by atoms with van der Waals surface area (Å²) >= 11 is 0. The molecule has 6 atom stereocenters. The van der Waals surface area contributed by atoms with Crippen LogP contribution in [0, 0.1) is 23.6 Å². The molecule has 1 unspecified atom stereocenters. The maximum absolute atomic E-state index is 16.9. The van der Waals surface area contributed by atoms with E-state index < -0.39 is 52.9 Å². The van der Waals surface area contributed by atoms with Gasteiger partial charge in [0.15, 0.2) is 23.6 Å². The number of ether oxygens (including phenoxy) is 1. The zero-order chi connectivity index (χ0) is 35.5. The summed E-state index contributed by atoms with van der Waals surface area (Å²) in [7, 11) is 5.34. The number of methoxy groups -OCH3 is 1. The van der Waals surface area contributed by atoms with E-state index in [0.717, 1.165) is 32.0 Å². The highest BCUT2D eigenvalue weighted by Gasteiger charge is 2.64. The Bertz CT molecular complexity index is 1450. The van der Waals surface area contributed by atoms with Crippen LogP contribution < -0.4 is 10.6 Å². The molecule has 4 bridgehead atoms. The van der Waals surface area contributed by atoms with Crippen molar-refractivity contribution < 1.29 is 37.2 Å². The van der Waals surface area contributed by atoms with Gasteiger partial charge < -0.3 is 29.7 Å². The number of hydrogen-bond acceptors (Lipinski definition) is 6. The predicted molar refractivity (Wildman–Crippen MR) is 181 cm³/mol. The Labute approximate surface area is 288 Å². The molecule has 1 aromatic rings. The Hall–Kier alpha value is -2.96. The summed E-state index contributed by atoms with van der Waals surface area (Å²) < 4.78 is 38.6. The van der Waals surface area contributed by atoms with Crippen molar-refractivity contribution in [3.63, 3.8) is 0 Å². The van der Waals surface area contributed by atoms with E-state index in [4.69, 9.17) is 4.74 Å². The molecule has 10 nitrogen and oxygen atoms in total. The quantitative estimate of drug-likeness (QED) is 0.304. The molecule has 4 fully saturated rings. The van der Waals surface area contributed by atoms with Gasteiger partial charge in [-0.05, 0) is 81.5 Å². The summed E-state index contributed by atoms with van der Waals surface area (Å²) in [5.41, 5.74) is -3.03. The second-order valence-electron chi connectivity index (χ2n) is 16.1. The monoisotopic (exact) mass is 686 g/mol. The standard InChI is InChI=1S/C37H53F2N5O5/c1-7-36(21-45,49-6)20-44(5)27-17-37(39,18-27)35(48)41-31(30(24-8-9-24)25-10-11-25)33(46)40-29-13-12-26(16-28(29)38)23(3)32(44)34(47)43-15-14-42(4)22(2)19-43/h12-13,16,21-25,27,30-32H,7-11,14-15,17-20H2,1-6H3,(H-,40,41,46,48)/p+1/t22-,23+,27?,31+,32-,36+,37?,44?/m1/s1. The van der Waals surface area contributed by atoms with Gasteiger partial charge in [-0.15, -0.1) is 0 Å². The van der Waals surface area contributed by atoms with Gasteiger partial charge in [0.05, 0.1) is 18.8 Å². The highest BCUT2D eigenvalue weighted by atomic mass is 19.1. The predicted octanol–water partition coefficient (Wildman–Crippen LogP) is 3.64. The summed E-state index contributed by atoms with van der Waals surface area (Å²) in [6.07, 6.45) is 4.47. The van der Waals surface area contributed by atoms with E-state index in [1.807, 2.05) is 32.8 Å². The molecular formula is C37H54F2N5O5+. The Morgan fingerprint density at radius 3 is 2.35 bits per heavy atom. The van der Waals surface area contributed by atoms with Gasteiger partial charge in [-0.2, -0.15) is 0 Å². The van der Waals surface area contributed by atoms with Crippen molar-refractivity contribution in [3.8, 4) is 0 Å². The van der Waals surface area contributed by atoms with E-state index in [9.17, 15) is 19.2 Å². The molecule has 12 heteroatoms. The fourth-order valence-electron chi connectivity index (χ4n) is 9.03. The number of amides is 3. The molecule has 2 N–H and O–H groups in total. The number of nitrogens with one attached hydrogen (secondary N) is 2. The van der Waals surface area contributed by atoms with Gasteiger partial charge in [0.2, 0.25) is 5.91 Å². The first-order valence-corrected chi connectivity index (χ1v) is 18.1. The lowest BCUT2D eigenvalue weighted by Gasteiger charge is -2.57. The van der Waals surface area contributed by atoms with Crippen LogP contribution in [0.2, 0.25) is 0 Å². The van der Waals surface area contributed by atoms with E-state index >= 15 is 8.78 Å². The molecule has 1 saturated heterocycles. The number of rotatable bonds is 9. The van der Waals surface area contributed by atoms with Crippen LogP contribution >= 0.6 is 0 Å². The third kappa shape index (κ3) is 6.65. The third-order valence-electron chi connectivity index (χ3n) is 12.9. The SMILES string of the molecule is CC[C@@](C=O)(C[N+]1(C)C2CC(F)(C2)C(=O)N[C@@H](C(C2CC2)C2CC2)C(=O)Nc2ccc(cc2F)[C@H](C)[C@@H]1C(=O)N1CCN(C)[C@H](C)C1)OC. The molecule has 0 spiro atoms. The molecule has 0 aromatic heterocycles. The average Bonchev–Trinajstić information content (AvgIpc) is 4.00. The highest BCUT2D eigenvalue weighted by molar-refractivity contribution is 5.99. The van der Waals surface area contributed by atoms with E-state index in [-0.39, 0.29) is 59.3 Å². The molecule has 0 radical (unpaired) electrons. The van der Waals surface area contributed by atoms with Crippen LogP contribution in [0.1, 0.15) is 77.2 Å². The fourth-order valence-corrected chi connectivity index (χ4v) is 9.03. The lowest BCUT2D eigenvalue weighted by atomic mass is 9.71. The van der Waals surface area contributed by atoms with Crippen molar-refractivity contribution in [2.75, 3.05) is 52.7 Å². The lowest BCUT2D eigenvalue weighted by Crippen LogP contribution is -2.75. The molecule has 49 heavy (non-hydrogen) atoms. The van der Waals surface area contributed by atoms with Gasteiger partial charge in [-0.3, -0.25) is 19.2 Å². The minimum atomic E-state index is -2.27. The van der Waals surface area contributed by atoms with Crippen molar-refractivity contribution in [1.82, 2.24) is 15.1 Å². The summed E-state index contributed by atoms with van der Waals surface area (Å²) in [6, 6.07) is 2.32. The van der Waals surface area contributed by atoms with Crippen molar-refractivity contribution in [3.05, 3.63) is 29.6 Å². The molecule has 8 aliphatic rings. The van der Waals surface area contributed by atoms with Gasteiger partial charge in [0.1, 0.15) is 18.4 Å². The van der Waals surface area contributed by atoms with Crippen molar-refractivity contribution in [1.29, 1.82) is 0 Å². The summed E-state index contributed by atoms with van der Waals surface area (Å²) in [5.74, 6) is -2.42. The van der Waals surface area contributed by atoms with Crippen LogP contribution in [0.25, 0.3) is 0 Å². The normalized spacial score (nSPS) is 35.4.